The molecule has 0 aliphatic rings. The Bertz CT molecular complexity index is 647. The minimum Gasteiger partial charge on any atom is -0.298 e. The molecule has 0 saturated heterocycles. The summed E-state index contributed by atoms with van der Waals surface area (Å²) in [6.07, 6.45) is 2.33. The lowest BCUT2D eigenvalue weighted by Gasteiger charge is -2.01. The predicted octanol–water partition coefficient (Wildman–Crippen LogP) is 1.47. The molecule has 2 aromatic rings. The van der Waals surface area contributed by atoms with Crippen LogP contribution >= 0.6 is 11.8 Å². The van der Waals surface area contributed by atoms with Gasteiger partial charge in [-0.3, -0.25) is 9.97 Å². The van der Waals surface area contributed by atoms with Crippen molar-refractivity contribution in [3.8, 4) is 6.07 Å². The minimum atomic E-state index is -0.591. The number of aromatic amines is 1. The van der Waals surface area contributed by atoms with Gasteiger partial charge in [0.1, 0.15) is 11.1 Å². The summed E-state index contributed by atoms with van der Waals surface area (Å²) >= 11 is 1.11. The van der Waals surface area contributed by atoms with E-state index >= 15 is 0 Å². The second kappa shape index (κ2) is 5.42. The fourth-order valence-corrected chi connectivity index (χ4v) is 2.00. The average molecular weight is 262 g/mol. The Hall–Kier alpha value is -2.20. The first-order chi connectivity index (χ1) is 8.69. The lowest BCUT2D eigenvalue weighted by atomic mass is 10.3. The molecule has 0 radical (unpaired) electrons. The summed E-state index contributed by atoms with van der Waals surface area (Å²) < 4.78 is 13.3. The minimum absolute atomic E-state index is 0.126. The van der Waals surface area contributed by atoms with Crippen molar-refractivity contribution in [2.24, 2.45) is 0 Å². The summed E-state index contributed by atoms with van der Waals surface area (Å²) in [6.45, 7) is 0. The van der Waals surface area contributed by atoms with Gasteiger partial charge in [-0.2, -0.15) is 10.2 Å². The molecule has 0 aliphatic heterocycles. The van der Waals surface area contributed by atoms with E-state index in [1.807, 2.05) is 6.07 Å². The van der Waals surface area contributed by atoms with E-state index in [1.54, 1.807) is 12.1 Å². The number of thioether (sulfide) groups is 1. The largest absolute Gasteiger partial charge is 0.345 e. The first-order valence-corrected chi connectivity index (χ1v) is 5.90. The van der Waals surface area contributed by atoms with Gasteiger partial charge in [-0.25, -0.2) is 9.18 Å². The van der Waals surface area contributed by atoms with E-state index in [2.05, 4.69) is 15.0 Å². The van der Waals surface area contributed by atoms with Gasteiger partial charge in [0.15, 0.2) is 5.82 Å². The summed E-state index contributed by atoms with van der Waals surface area (Å²) in [5, 5.41) is 8.74. The predicted molar refractivity (Wildman–Crippen MR) is 63.3 cm³/mol. The molecular formula is C11H7FN4OS. The topological polar surface area (TPSA) is 82.4 Å². The van der Waals surface area contributed by atoms with E-state index in [0.717, 1.165) is 18.0 Å². The maximum absolute atomic E-state index is 13.3. The highest BCUT2D eigenvalue weighted by atomic mass is 32.2. The molecule has 0 atom stereocenters. The third-order valence-electron chi connectivity index (χ3n) is 2.05. The van der Waals surface area contributed by atoms with Crippen molar-refractivity contribution in [1.29, 1.82) is 5.26 Å². The first kappa shape index (κ1) is 12.3. The number of nitriles is 1. The number of H-pyrrole nitrogens is 1. The molecule has 0 fully saturated rings. The lowest BCUT2D eigenvalue weighted by Crippen LogP contribution is -2.11. The van der Waals surface area contributed by atoms with E-state index < -0.39 is 11.5 Å². The Kier molecular flexibility index (Phi) is 3.69. The molecule has 0 saturated carbocycles. The quantitative estimate of drug-likeness (QED) is 0.669. The molecule has 2 heterocycles. The van der Waals surface area contributed by atoms with Gasteiger partial charge in [-0.15, -0.1) is 0 Å². The number of halogens is 1. The number of nitrogens with one attached hydrogen (secondary N) is 1. The molecule has 90 valence electrons. The SMILES string of the molecule is N#Cc1ccc(CSc2[nH]c(=O)ncc2F)nc1. The molecule has 2 rings (SSSR count). The molecule has 2 aromatic heterocycles. The Balaban J connectivity index is 2.09. The van der Waals surface area contributed by atoms with Crippen molar-refractivity contribution in [3.63, 3.8) is 0 Å². The summed E-state index contributed by atoms with van der Waals surface area (Å²) in [5.41, 5.74) is 0.565. The highest BCUT2D eigenvalue weighted by molar-refractivity contribution is 7.98. The number of hydrogen-bond acceptors (Lipinski definition) is 5. The van der Waals surface area contributed by atoms with E-state index in [-0.39, 0.29) is 5.03 Å². The van der Waals surface area contributed by atoms with Gasteiger partial charge in [0.25, 0.3) is 0 Å². The average Bonchev–Trinajstić information content (AvgIpc) is 2.40. The Labute approximate surface area is 106 Å². The van der Waals surface area contributed by atoms with Crippen LogP contribution < -0.4 is 5.69 Å². The van der Waals surface area contributed by atoms with Gasteiger partial charge in [-0.1, -0.05) is 11.8 Å². The first-order valence-electron chi connectivity index (χ1n) is 4.91. The standard InChI is InChI=1S/C11H7FN4OS/c12-9-5-15-11(17)16-10(9)18-6-8-2-1-7(3-13)4-14-8/h1-2,4-5H,6H2,(H,15,16,17). The fourth-order valence-electron chi connectivity index (χ4n) is 1.19. The van der Waals surface area contributed by atoms with Crippen LogP contribution in [0, 0.1) is 17.1 Å². The molecule has 0 unspecified atom stereocenters. The zero-order chi connectivity index (χ0) is 13.0. The molecule has 1 N–H and O–H groups in total. The summed E-state index contributed by atoms with van der Waals surface area (Å²) in [7, 11) is 0. The third kappa shape index (κ3) is 2.93. The molecule has 0 bridgehead atoms. The van der Waals surface area contributed by atoms with Crippen molar-refractivity contribution in [3.05, 3.63) is 52.1 Å². The molecular weight excluding hydrogens is 255 g/mol. The fraction of sp³-hybridized carbons (Fsp3) is 0.0909. The Morgan fingerprint density at radius 3 is 2.89 bits per heavy atom. The molecule has 0 amide bonds. The van der Waals surface area contributed by atoms with Crippen molar-refractivity contribution in [2.45, 2.75) is 10.8 Å². The van der Waals surface area contributed by atoms with Crippen LogP contribution in [0.2, 0.25) is 0 Å². The Morgan fingerprint density at radius 1 is 1.39 bits per heavy atom. The van der Waals surface area contributed by atoms with Crippen molar-refractivity contribution in [2.75, 3.05) is 0 Å². The van der Waals surface area contributed by atoms with Crippen LogP contribution in [0.25, 0.3) is 0 Å². The number of aromatic nitrogens is 3. The normalized spacial score (nSPS) is 10.0. The Morgan fingerprint density at radius 2 is 2.22 bits per heavy atom. The molecule has 0 aromatic carbocycles. The van der Waals surface area contributed by atoms with Crippen LogP contribution in [0.3, 0.4) is 0 Å². The third-order valence-corrected chi connectivity index (χ3v) is 3.08. The zero-order valence-corrected chi connectivity index (χ0v) is 9.87. The highest BCUT2D eigenvalue weighted by Crippen LogP contribution is 2.20. The van der Waals surface area contributed by atoms with Crippen molar-refractivity contribution < 1.29 is 4.39 Å². The van der Waals surface area contributed by atoms with Gasteiger partial charge < -0.3 is 0 Å². The van der Waals surface area contributed by atoms with Gasteiger partial charge in [0.05, 0.1) is 17.5 Å². The van der Waals surface area contributed by atoms with E-state index in [1.165, 1.54) is 6.20 Å². The summed E-state index contributed by atoms with van der Waals surface area (Å²) in [4.78, 5) is 20.6. The van der Waals surface area contributed by atoms with Gasteiger partial charge in [0.2, 0.25) is 0 Å². The van der Waals surface area contributed by atoms with Crippen molar-refractivity contribution >= 4 is 11.8 Å². The van der Waals surface area contributed by atoms with Crippen LogP contribution in [0.1, 0.15) is 11.3 Å². The number of pyridine rings is 1. The maximum atomic E-state index is 13.3. The van der Waals surface area contributed by atoms with Gasteiger partial charge >= 0.3 is 5.69 Å². The van der Waals surface area contributed by atoms with E-state index in [0.29, 0.717) is 17.0 Å². The van der Waals surface area contributed by atoms with Gasteiger partial charge in [0, 0.05) is 11.9 Å². The summed E-state index contributed by atoms with van der Waals surface area (Å²) in [6, 6.07) is 5.28. The highest BCUT2D eigenvalue weighted by Gasteiger charge is 2.05. The van der Waals surface area contributed by atoms with Crippen LogP contribution in [0.5, 0.6) is 0 Å². The smallest absolute Gasteiger partial charge is 0.298 e. The second-order valence-corrected chi connectivity index (χ2v) is 4.29. The van der Waals surface area contributed by atoms with Crippen molar-refractivity contribution in [1.82, 2.24) is 15.0 Å². The number of hydrogen-bond donors (Lipinski definition) is 1. The van der Waals surface area contributed by atoms with Crippen LogP contribution in [0.4, 0.5) is 4.39 Å². The van der Waals surface area contributed by atoms with Crippen LogP contribution in [0.15, 0.2) is 34.3 Å². The van der Waals surface area contributed by atoms with Crippen LogP contribution in [-0.2, 0) is 5.75 Å². The summed E-state index contributed by atoms with van der Waals surface area (Å²) in [5.74, 6) is -0.184. The molecule has 5 nitrogen and oxygen atoms in total. The lowest BCUT2D eigenvalue weighted by molar-refractivity contribution is 0.574. The molecule has 18 heavy (non-hydrogen) atoms. The van der Waals surface area contributed by atoms with E-state index in [4.69, 9.17) is 5.26 Å². The maximum Gasteiger partial charge on any atom is 0.345 e. The molecule has 0 aliphatic carbocycles. The number of rotatable bonds is 3. The second-order valence-electron chi connectivity index (χ2n) is 3.30. The molecule has 0 spiro atoms. The zero-order valence-electron chi connectivity index (χ0n) is 9.05. The molecule has 7 heteroatoms. The number of nitrogens with zero attached hydrogens (tertiary/aromatic N) is 3. The van der Waals surface area contributed by atoms with Gasteiger partial charge in [-0.05, 0) is 12.1 Å². The van der Waals surface area contributed by atoms with E-state index in [9.17, 15) is 9.18 Å². The monoisotopic (exact) mass is 262 g/mol. The van der Waals surface area contributed by atoms with Crippen LogP contribution in [-0.4, -0.2) is 15.0 Å².